The fourth-order valence-electron chi connectivity index (χ4n) is 1.18. The number of hydrogen-bond acceptors (Lipinski definition) is 1. The minimum Gasteiger partial charge on any atom is -0.192 e. The number of hydrogen-bond donors (Lipinski definition) is 0. The summed E-state index contributed by atoms with van der Waals surface area (Å²) >= 11 is 0. The maximum atomic E-state index is 8.73. The molecule has 0 saturated carbocycles. The van der Waals surface area contributed by atoms with Crippen molar-refractivity contribution in [1.82, 2.24) is 0 Å². The summed E-state index contributed by atoms with van der Waals surface area (Å²) < 4.78 is 0. The smallest absolute Gasteiger partial charge is 0.0991 e. The van der Waals surface area contributed by atoms with E-state index in [2.05, 4.69) is 19.2 Å². The lowest BCUT2D eigenvalue weighted by atomic mass is 10.0. The van der Waals surface area contributed by atoms with Gasteiger partial charge >= 0.3 is 0 Å². The Kier molecular flexibility index (Phi) is 3.46. The van der Waals surface area contributed by atoms with E-state index in [-0.39, 0.29) is 0 Å². The van der Waals surface area contributed by atoms with Crippen LogP contribution in [0.2, 0.25) is 0 Å². The highest BCUT2D eigenvalue weighted by atomic mass is 14.2. The van der Waals surface area contributed by atoms with E-state index < -0.39 is 0 Å². The van der Waals surface area contributed by atoms with Gasteiger partial charge in [-0.2, -0.15) is 5.26 Å². The Hall–Kier alpha value is -2.07. The van der Waals surface area contributed by atoms with Crippen LogP contribution >= 0.6 is 0 Å². The van der Waals surface area contributed by atoms with Gasteiger partial charge in [-0.3, -0.25) is 0 Å². The summed E-state index contributed by atoms with van der Waals surface area (Å²) in [5.74, 6) is 0. The van der Waals surface area contributed by atoms with E-state index >= 15 is 0 Å². The van der Waals surface area contributed by atoms with Gasteiger partial charge in [-0.15, -0.1) is 0 Å². The minimum atomic E-state index is 0.652. The molecule has 0 spiro atoms. The van der Waals surface area contributed by atoms with E-state index in [9.17, 15) is 0 Å². The first-order chi connectivity index (χ1) is 6.81. The summed E-state index contributed by atoms with van der Waals surface area (Å²) in [6.07, 6.45) is 5.32. The number of rotatable bonds is 3. The van der Waals surface area contributed by atoms with E-state index in [1.54, 1.807) is 18.2 Å². The highest BCUT2D eigenvalue weighted by Crippen LogP contribution is 2.16. The van der Waals surface area contributed by atoms with Gasteiger partial charge < -0.3 is 0 Å². The quantitative estimate of drug-likeness (QED) is 0.656. The average Bonchev–Trinajstić information content (AvgIpc) is 2.26. The van der Waals surface area contributed by atoms with Crippen LogP contribution in [0, 0.1) is 11.3 Å². The number of benzene rings is 1. The molecule has 0 aliphatic carbocycles. The summed E-state index contributed by atoms with van der Waals surface area (Å²) in [5, 5.41) is 8.73. The molecule has 0 N–H and O–H groups in total. The van der Waals surface area contributed by atoms with Gasteiger partial charge in [0, 0.05) is 0 Å². The van der Waals surface area contributed by atoms with E-state index in [1.807, 2.05) is 24.3 Å². The second kappa shape index (κ2) is 4.84. The monoisotopic (exact) mass is 181 g/mol. The summed E-state index contributed by atoms with van der Waals surface area (Å²) in [4.78, 5) is 0. The van der Waals surface area contributed by atoms with E-state index in [0.717, 1.165) is 11.1 Å². The summed E-state index contributed by atoms with van der Waals surface area (Å²) in [5.41, 5.74) is 2.61. The Labute approximate surface area is 84.3 Å². The maximum absolute atomic E-state index is 8.73. The summed E-state index contributed by atoms with van der Waals surface area (Å²) in [7, 11) is 0. The van der Waals surface area contributed by atoms with Gasteiger partial charge in [0.2, 0.25) is 0 Å². The Morgan fingerprint density at radius 2 is 2.14 bits per heavy atom. The Bertz CT molecular complexity index is 419. The van der Waals surface area contributed by atoms with E-state index in [1.165, 1.54) is 0 Å². The van der Waals surface area contributed by atoms with Crippen LogP contribution in [0.25, 0.3) is 5.57 Å². The third kappa shape index (κ3) is 2.21. The number of nitriles is 1. The Morgan fingerprint density at radius 3 is 2.71 bits per heavy atom. The molecule has 0 aliphatic heterocycles. The van der Waals surface area contributed by atoms with Gasteiger partial charge in [0.15, 0.2) is 0 Å². The van der Waals surface area contributed by atoms with Crippen molar-refractivity contribution in [2.45, 2.75) is 0 Å². The first-order valence-corrected chi connectivity index (χ1v) is 4.27. The molecule has 1 aromatic carbocycles. The largest absolute Gasteiger partial charge is 0.192 e. The molecule has 1 nitrogen and oxygen atoms in total. The lowest BCUT2D eigenvalue weighted by Crippen LogP contribution is -1.82. The topological polar surface area (TPSA) is 23.8 Å². The van der Waals surface area contributed by atoms with Crippen molar-refractivity contribution in [3.05, 3.63) is 66.8 Å². The van der Waals surface area contributed by atoms with Gasteiger partial charge in [-0.1, -0.05) is 43.5 Å². The summed E-state index contributed by atoms with van der Waals surface area (Å²) in [6.45, 7) is 7.34. The Balaban J connectivity index is 3.18. The third-order valence-electron chi connectivity index (χ3n) is 1.84. The zero-order valence-electron chi connectivity index (χ0n) is 7.90. The zero-order valence-corrected chi connectivity index (χ0v) is 7.90. The first kappa shape index (κ1) is 10.0. The molecule has 0 heterocycles. The van der Waals surface area contributed by atoms with Gasteiger partial charge in [-0.25, -0.2) is 0 Å². The summed E-state index contributed by atoms with van der Waals surface area (Å²) in [6, 6.07) is 9.51. The minimum absolute atomic E-state index is 0.652. The lowest BCUT2D eigenvalue weighted by molar-refractivity contribution is 1.47. The zero-order chi connectivity index (χ0) is 10.4. The highest BCUT2D eigenvalue weighted by molar-refractivity contribution is 5.75. The van der Waals surface area contributed by atoms with E-state index in [0.29, 0.717) is 5.56 Å². The van der Waals surface area contributed by atoms with Crippen molar-refractivity contribution in [3.8, 4) is 6.07 Å². The molecular formula is C13H11N. The molecule has 0 aliphatic rings. The molecular weight excluding hydrogens is 170 g/mol. The molecule has 1 aromatic rings. The van der Waals surface area contributed by atoms with E-state index in [4.69, 9.17) is 5.26 Å². The lowest BCUT2D eigenvalue weighted by Gasteiger charge is -2.01. The normalized spacial score (nSPS) is 10.4. The molecule has 0 fully saturated rings. The second-order valence-corrected chi connectivity index (χ2v) is 2.75. The fourth-order valence-corrected chi connectivity index (χ4v) is 1.18. The Morgan fingerprint density at radius 1 is 1.36 bits per heavy atom. The van der Waals surface area contributed by atoms with Crippen LogP contribution in [0.15, 0.2) is 55.7 Å². The first-order valence-electron chi connectivity index (χ1n) is 4.27. The van der Waals surface area contributed by atoms with Crippen molar-refractivity contribution >= 4 is 5.57 Å². The molecule has 0 aromatic heterocycles. The van der Waals surface area contributed by atoms with Crippen LogP contribution < -0.4 is 0 Å². The van der Waals surface area contributed by atoms with Crippen LogP contribution in [0.5, 0.6) is 0 Å². The van der Waals surface area contributed by atoms with Crippen LogP contribution in [0.1, 0.15) is 11.1 Å². The molecule has 0 saturated heterocycles. The molecule has 0 radical (unpaired) electrons. The second-order valence-electron chi connectivity index (χ2n) is 2.75. The van der Waals surface area contributed by atoms with Gasteiger partial charge in [0.05, 0.1) is 11.6 Å². The molecule has 0 unspecified atom stereocenters. The third-order valence-corrected chi connectivity index (χ3v) is 1.84. The molecule has 1 rings (SSSR count). The van der Waals surface area contributed by atoms with Gasteiger partial charge in [0.1, 0.15) is 0 Å². The van der Waals surface area contributed by atoms with Gasteiger partial charge in [-0.05, 0) is 23.3 Å². The predicted molar refractivity (Wildman–Crippen MR) is 59.5 cm³/mol. The van der Waals surface area contributed by atoms with Crippen molar-refractivity contribution < 1.29 is 0 Å². The number of allylic oxidation sites excluding steroid dienone is 4. The molecule has 0 amide bonds. The fraction of sp³-hybridized carbons (Fsp3) is 0. The molecule has 0 atom stereocenters. The number of nitrogens with zero attached hydrogens (tertiary/aromatic N) is 1. The van der Waals surface area contributed by atoms with Gasteiger partial charge in [0.25, 0.3) is 0 Å². The average molecular weight is 181 g/mol. The molecule has 1 heteroatoms. The van der Waals surface area contributed by atoms with Crippen LogP contribution in [0.3, 0.4) is 0 Å². The van der Waals surface area contributed by atoms with Crippen molar-refractivity contribution in [2.24, 2.45) is 0 Å². The standard InChI is InChI=1S/C13H11N/c1-3-6-12(4-2)13-8-5-7-11(9-13)10-14/h3-9H,1-2H2/b12-6+. The van der Waals surface area contributed by atoms with Crippen molar-refractivity contribution in [1.29, 1.82) is 5.26 Å². The molecule has 0 bridgehead atoms. The van der Waals surface area contributed by atoms with Crippen LogP contribution in [-0.2, 0) is 0 Å². The molecule has 14 heavy (non-hydrogen) atoms. The van der Waals surface area contributed by atoms with Crippen molar-refractivity contribution in [3.63, 3.8) is 0 Å². The highest BCUT2D eigenvalue weighted by Gasteiger charge is 1.97. The van der Waals surface area contributed by atoms with Crippen LogP contribution in [-0.4, -0.2) is 0 Å². The van der Waals surface area contributed by atoms with Crippen LogP contribution in [0.4, 0.5) is 0 Å². The SMILES string of the molecule is C=C/C=C(\C=C)c1cccc(C#N)c1. The van der Waals surface area contributed by atoms with Crippen molar-refractivity contribution in [2.75, 3.05) is 0 Å². The predicted octanol–water partition coefficient (Wildman–Crippen LogP) is 3.31. The maximum Gasteiger partial charge on any atom is 0.0991 e. The molecule has 68 valence electrons.